The maximum Gasteiger partial charge on any atom is 0.0231 e. The number of likely N-dealkylation sites (N-methyl/N-ethyl adjacent to an activating group) is 2. The number of likely N-dealkylation sites (tertiary alicyclic amines) is 1. The second-order valence-corrected chi connectivity index (χ2v) is 5.97. The third-order valence-electron chi connectivity index (χ3n) is 4.25. The van der Waals surface area contributed by atoms with Crippen molar-refractivity contribution in [2.24, 2.45) is 0 Å². The zero-order valence-corrected chi connectivity index (χ0v) is 13.2. The molecule has 2 rings (SSSR count). The van der Waals surface area contributed by atoms with Crippen LogP contribution in [0.15, 0.2) is 24.3 Å². The molecule has 1 aromatic rings. The number of rotatable bonds is 7. The molecule has 1 fully saturated rings. The first-order chi connectivity index (χ1) is 9.72. The predicted octanol–water partition coefficient (Wildman–Crippen LogP) is 2.32. The van der Waals surface area contributed by atoms with Crippen LogP contribution in [0.3, 0.4) is 0 Å². The van der Waals surface area contributed by atoms with E-state index in [-0.39, 0.29) is 0 Å². The summed E-state index contributed by atoms with van der Waals surface area (Å²) < 4.78 is 0. The Kier molecular flexibility index (Phi) is 6.02. The van der Waals surface area contributed by atoms with Gasteiger partial charge < -0.3 is 10.2 Å². The molecule has 1 aliphatic heterocycles. The Morgan fingerprint density at radius 1 is 1.35 bits per heavy atom. The van der Waals surface area contributed by atoms with Crippen molar-refractivity contribution in [3.05, 3.63) is 35.4 Å². The summed E-state index contributed by atoms with van der Waals surface area (Å²) >= 11 is 0. The van der Waals surface area contributed by atoms with Gasteiger partial charge in [0, 0.05) is 25.7 Å². The molecule has 1 atom stereocenters. The average Bonchev–Trinajstić information content (AvgIpc) is 2.86. The average molecular weight is 275 g/mol. The van der Waals surface area contributed by atoms with Gasteiger partial charge in [0.2, 0.25) is 0 Å². The van der Waals surface area contributed by atoms with E-state index in [4.69, 9.17) is 0 Å². The van der Waals surface area contributed by atoms with Crippen molar-refractivity contribution in [3.63, 3.8) is 0 Å². The minimum absolute atomic E-state index is 0.755. The van der Waals surface area contributed by atoms with Crippen molar-refractivity contribution in [3.8, 4) is 0 Å². The van der Waals surface area contributed by atoms with E-state index in [0.29, 0.717) is 0 Å². The van der Waals surface area contributed by atoms with Crippen LogP contribution >= 0.6 is 0 Å². The van der Waals surface area contributed by atoms with Gasteiger partial charge in [0.05, 0.1) is 0 Å². The van der Waals surface area contributed by atoms with Crippen LogP contribution < -0.4 is 5.32 Å². The molecule has 0 spiro atoms. The number of nitrogens with one attached hydrogen (secondary N) is 1. The molecule has 1 aromatic carbocycles. The van der Waals surface area contributed by atoms with Gasteiger partial charge in [-0.1, -0.05) is 31.2 Å². The van der Waals surface area contributed by atoms with Gasteiger partial charge in [0.15, 0.2) is 0 Å². The van der Waals surface area contributed by atoms with E-state index in [1.165, 1.54) is 43.6 Å². The summed E-state index contributed by atoms with van der Waals surface area (Å²) in [5.41, 5.74) is 2.79. The Balaban J connectivity index is 1.87. The standard InChI is InChI=1S/C17H29N3/c1-4-20-10-6-9-17(20)14-19(3)13-16-8-5-7-15(11-16)12-18-2/h5,7-8,11,17-18H,4,6,9-10,12-14H2,1-3H3. The highest BCUT2D eigenvalue weighted by molar-refractivity contribution is 5.23. The Morgan fingerprint density at radius 2 is 2.15 bits per heavy atom. The minimum atomic E-state index is 0.755. The van der Waals surface area contributed by atoms with Crippen LogP contribution in [0.1, 0.15) is 30.9 Å². The second kappa shape index (κ2) is 7.77. The molecular weight excluding hydrogens is 246 g/mol. The smallest absolute Gasteiger partial charge is 0.0231 e. The van der Waals surface area contributed by atoms with Crippen molar-refractivity contribution in [1.82, 2.24) is 15.1 Å². The van der Waals surface area contributed by atoms with Crippen molar-refractivity contribution in [2.75, 3.05) is 33.7 Å². The summed E-state index contributed by atoms with van der Waals surface area (Å²) in [6.45, 7) is 7.93. The van der Waals surface area contributed by atoms with E-state index in [0.717, 1.165) is 19.1 Å². The summed E-state index contributed by atoms with van der Waals surface area (Å²) in [6, 6.07) is 9.67. The predicted molar refractivity (Wildman–Crippen MR) is 85.8 cm³/mol. The maximum atomic E-state index is 3.22. The summed E-state index contributed by atoms with van der Waals surface area (Å²) in [5.74, 6) is 0. The SMILES string of the molecule is CCN1CCCC1CN(C)Cc1cccc(CNC)c1. The highest BCUT2D eigenvalue weighted by Crippen LogP contribution is 2.18. The molecule has 3 heteroatoms. The van der Waals surface area contributed by atoms with Crippen LogP contribution in [0.25, 0.3) is 0 Å². The molecule has 112 valence electrons. The van der Waals surface area contributed by atoms with Crippen LogP contribution in [-0.2, 0) is 13.1 Å². The lowest BCUT2D eigenvalue weighted by Crippen LogP contribution is -2.38. The maximum absolute atomic E-state index is 3.22. The molecular formula is C17H29N3. The zero-order chi connectivity index (χ0) is 14.4. The van der Waals surface area contributed by atoms with Crippen LogP contribution in [-0.4, -0.2) is 49.6 Å². The van der Waals surface area contributed by atoms with Crippen molar-refractivity contribution < 1.29 is 0 Å². The van der Waals surface area contributed by atoms with Crippen LogP contribution in [0.5, 0.6) is 0 Å². The molecule has 1 N–H and O–H groups in total. The van der Waals surface area contributed by atoms with E-state index >= 15 is 0 Å². The molecule has 0 amide bonds. The normalized spacial score (nSPS) is 19.9. The number of hydrogen-bond donors (Lipinski definition) is 1. The lowest BCUT2D eigenvalue weighted by molar-refractivity contribution is 0.195. The summed E-state index contributed by atoms with van der Waals surface area (Å²) in [6.07, 6.45) is 2.72. The molecule has 3 nitrogen and oxygen atoms in total. The van der Waals surface area contributed by atoms with Gasteiger partial charge in [0.1, 0.15) is 0 Å². The van der Waals surface area contributed by atoms with E-state index in [1.807, 2.05) is 7.05 Å². The molecule has 20 heavy (non-hydrogen) atoms. The van der Waals surface area contributed by atoms with Gasteiger partial charge in [-0.3, -0.25) is 4.90 Å². The third-order valence-corrected chi connectivity index (χ3v) is 4.25. The largest absolute Gasteiger partial charge is 0.316 e. The van der Waals surface area contributed by atoms with Crippen LogP contribution in [0, 0.1) is 0 Å². The van der Waals surface area contributed by atoms with E-state index in [9.17, 15) is 0 Å². The number of benzene rings is 1. The fourth-order valence-electron chi connectivity index (χ4n) is 3.30. The highest BCUT2D eigenvalue weighted by Gasteiger charge is 2.23. The fourth-order valence-corrected chi connectivity index (χ4v) is 3.30. The molecule has 1 aliphatic rings. The van der Waals surface area contributed by atoms with E-state index < -0.39 is 0 Å². The van der Waals surface area contributed by atoms with E-state index in [1.54, 1.807) is 0 Å². The zero-order valence-electron chi connectivity index (χ0n) is 13.2. The van der Waals surface area contributed by atoms with Crippen LogP contribution in [0.4, 0.5) is 0 Å². The number of hydrogen-bond acceptors (Lipinski definition) is 3. The Morgan fingerprint density at radius 3 is 2.90 bits per heavy atom. The molecule has 0 aromatic heterocycles. The van der Waals surface area contributed by atoms with Gasteiger partial charge in [-0.2, -0.15) is 0 Å². The molecule has 1 saturated heterocycles. The van der Waals surface area contributed by atoms with Gasteiger partial charge in [0.25, 0.3) is 0 Å². The van der Waals surface area contributed by atoms with Gasteiger partial charge in [-0.05, 0) is 51.2 Å². The second-order valence-electron chi connectivity index (χ2n) is 5.97. The van der Waals surface area contributed by atoms with Crippen molar-refractivity contribution in [1.29, 1.82) is 0 Å². The first kappa shape index (κ1) is 15.5. The Bertz CT molecular complexity index is 405. The van der Waals surface area contributed by atoms with Gasteiger partial charge >= 0.3 is 0 Å². The highest BCUT2D eigenvalue weighted by atomic mass is 15.2. The lowest BCUT2D eigenvalue weighted by atomic mass is 10.1. The molecule has 0 bridgehead atoms. The summed E-state index contributed by atoms with van der Waals surface area (Å²) in [4.78, 5) is 5.09. The van der Waals surface area contributed by atoms with Crippen molar-refractivity contribution >= 4 is 0 Å². The minimum Gasteiger partial charge on any atom is -0.316 e. The topological polar surface area (TPSA) is 18.5 Å². The van der Waals surface area contributed by atoms with Crippen LogP contribution in [0.2, 0.25) is 0 Å². The first-order valence-electron chi connectivity index (χ1n) is 7.88. The van der Waals surface area contributed by atoms with Gasteiger partial charge in [-0.25, -0.2) is 0 Å². The molecule has 0 radical (unpaired) electrons. The molecule has 1 heterocycles. The Labute approximate surface area is 124 Å². The molecule has 0 saturated carbocycles. The fraction of sp³-hybridized carbons (Fsp3) is 0.647. The number of nitrogens with zero attached hydrogens (tertiary/aromatic N) is 2. The molecule has 0 aliphatic carbocycles. The Hall–Kier alpha value is -0.900. The van der Waals surface area contributed by atoms with Crippen molar-refractivity contribution in [2.45, 2.75) is 38.9 Å². The van der Waals surface area contributed by atoms with Gasteiger partial charge in [-0.15, -0.1) is 0 Å². The molecule has 1 unspecified atom stereocenters. The van der Waals surface area contributed by atoms with E-state index in [2.05, 4.69) is 53.4 Å². The quantitative estimate of drug-likeness (QED) is 0.824. The lowest BCUT2D eigenvalue weighted by Gasteiger charge is -2.27. The monoisotopic (exact) mass is 275 g/mol. The first-order valence-corrected chi connectivity index (χ1v) is 7.88. The summed E-state index contributed by atoms with van der Waals surface area (Å²) in [5, 5.41) is 3.22. The third kappa shape index (κ3) is 4.30. The summed E-state index contributed by atoms with van der Waals surface area (Å²) in [7, 11) is 4.25.